The van der Waals surface area contributed by atoms with Crippen molar-refractivity contribution in [3.8, 4) is 5.75 Å². The number of amides is 2. The summed E-state index contributed by atoms with van der Waals surface area (Å²) in [6.45, 7) is 1.66. The molecule has 7 atom stereocenters. The summed E-state index contributed by atoms with van der Waals surface area (Å²) in [6, 6.07) is 6.06. The van der Waals surface area contributed by atoms with Crippen LogP contribution in [0.5, 0.6) is 5.75 Å². The van der Waals surface area contributed by atoms with Crippen LogP contribution in [0.3, 0.4) is 0 Å². The first-order valence-corrected chi connectivity index (χ1v) is 12.3. The largest absolute Gasteiger partial charge is 0.497 e. The quantitative estimate of drug-likeness (QED) is 0.228. The lowest BCUT2D eigenvalue weighted by Gasteiger charge is -2.37. The second-order valence-corrected chi connectivity index (χ2v) is 10.0. The summed E-state index contributed by atoms with van der Waals surface area (Å²) in [5.74, 6) is 0.340. The second-order valence-electron chi connectivity index (χ2n) is 10.0. The average Bonchev–Trinajstić information content (AvgIpc) is 3.63. The lowest BCUT2D eigenvalue weighted by atomic mass is 9.63. The molecule has 0 radical (unpaired) electrons. The van der Waals surface area contributed by atoms with Crippen LogP contribution >= 0.6 is 0 Å². The molecule has 7 nitrogen and oxygen atoms in total. The minimum atomic E-state index is -0.567. The number of unbranched alkanes of at least 4 members (excludes halogenated alkanes) is 1. The van der Waals surface area contributed by atoms with Gasteiger partial charge in [0.2, 0.25) is 11.8 Å². The van der Waals surface area contributed by atoms with Gasteiger partial charge in [0.15, 0.2) is 12.4 Å². The molecule has 1 aromatic rings. The second kappa shape index (κ2) is 9.01. The van der Waals surface area contributed by atoms with Gasteiger partial charge in [-0.15, -0.1) is 0 Å². The van der Waals surface area contributed by atoms with E-state index >= 15 is 0 Å². The van der Waals surface area contributed by atoms with Crippen molar-refractivity contribution in [1.82, 2.24) is 4.90 Å². The van der Waals surface area contributed by atoms with Gasteiger partial charge >= 0.3 is 5.97 Å². The van der Waals surface area contributed by atoms with Gasteiger partial charge in [0.25, 0.3) is 0 Å². The van der Waals surface area contributed by atoms with Crippen LogP contribution in [0.1, 0.15) is 49.4 Å². The Morgan fingerprint density at radius 1 is 1.03 bits per heavy atom. The van der Waals surface area contributed by atoms with E-state index in [-0.39, 0.29) is 54.3 Å². The predicted octanol–water partition coefficient (Wildman–Crippen LogP) is 3.42. The molecule has 4 aliphatic carbocycles. The Morgan fingerprint density at radius 3 is 2.21 bits per heavy atom. The fraction of sp³-hybridized carbons (Fsp3) is 0.556. The molecular weight excluding hydrogens is 434 g/mol. The number of ketones is 1. The fourth-order valence-electron chi connectivity index (χ4n) is 6.36. The number of Topliss-reactive ketones (excluding diaryl/α,β-unsaturated/α-hetero) is 1. The number of rotatable bonds is 10. The minimum absolute atomic E-state index is 0.0809. The SMILES string of the molecule is CCCC[C@H](CC(=O)OCC(=O)c1ccc(OC)cc1)N1C(=O)[C@@H]2[C@H]3C=C[C@@H]([C@@H]4C[C@@H]34)[C@@H]2C1=O. The molecule has 1 saturated heterocycles. The maximum atomic E-state index is 13.4. The van der Waals surface area contributed by atoms with Crippen LogP contribution in [0.25, 0.3) is 0 Å². The van der Waals surface area contributed by atoms with E-state index in [4.69, 9.17) is 9.47 Å². The van der Waals surface area contributed by atoms with Crippen LogP contribution in [0, 0.1) is 35.5 Å². The maximum Gasteiger partial charge on any atom is 0.308 e. The number of nitrogens with zero attached hydrogens (tertiary/aromatic N) is 1. The van der Waals surface area contributed by atoms with Crippen LogP contribution in [0.4, 0.5) is 0 Å². The van der Waals surface area contributed by atoms with Crippen molar-refractivity contribution >= 4 is 23.6 Å². The van der Waals surface area contributed by atoms with Gasteiger partial charge in [0, 0.05) is 5.56 Å². The van der Waals surface area contributed by atoms with E-state index in [1.807, 2.05) is 6.92 Å². The number of ether oxygens (including phenoxy) is 2. The van der Waals surface area contributed by atoms with E-state index in [2.05, 4.69) is 12.2 Å². The number of imide groups is 1. The summed E-state index contributed by atoms with van der Waals surface area (Å²) in [4.78, 5) is 53.4. The Hall–Kier alpha value is -2.96. The number of allylic oxidation sites excluding steroid dienone is 2. The van der Waals surface area contributed by atoms with Crippen LogP contribution in [0.15, 0.2) is 36.4 Å². The summed E-state index contributed by atoms with van der Waals surface area (Å²) in [6.07, 6.45) is 7.58. The van der Waals surface area contributed by atoms with Crippen molar-refractivity contribution in [3.63, 3.8) is 0 Å². The van der Waals surface area contributed by atoms with E-state index in [1.54, 1.807) is 31.4 Å². The third-order valence-corrected chi connectivity index (χ3v) is 8.13. The zero-order valence-electron chi connectivity index (χ0n) is 19.6. The third kappa shape index (κ3) is 3.85. The number of carbonyl (C=O) groups is 4. The minimum Gasteiger partial charge on any atom is -0.497 e. The van der Waals surface area contributed by atoms with Crippen LogP contribution in [-0.4, -0.2) is 48.2 Å². The van der Waals surface area contributed by atoms with Crippen molar-refractivity contribution in [2.75, 3.05) is 13.7 Å². The Labute approximate surface area is 199 Å². The molecule has 1 aromatic carbocycles. The molecule has 180 valence electrons. The van der Waals surface area contributed by atoms with E-state index in [1.165, 1.54) is 4.90 Å². The first-order valence-electron chi connectivity index (χ1n) is 12.3. The summed E-state index contributed by atoms with van der Waals surface area (Å²) in [5.41, 5.74) is 0.423. The van der Waals surface area contributed by atoms with E-state index in [0.29, 0.717) is 29.6 Å². The van der Waals surface area contributed by atoms with Gasteiger partial charge in [-0.2, -0.15) is 0 Å². The lowest BCUT2D eigenvalue weighted by Crippen LogP contribution is -2.42. The highest BCUT2D eigenvalue weighted by Gasteiger charge is 2.67. The Balaban J connectivity index is 1.24. The molecular formula is C27H31NO6. The number of hydrogen-bond donors (Lipinski definition) is 0. The molecule has 0 N–H and O–H groups in total. The number of hydrogen-bond acceptors (Lipinski definition) is 6. The van der Waals surface area contributed by atoms with Crippen molar-refractivity contribution in [2.45, 2.75) is 45.1 Å². The molecule has 5 aliphatic rings. The molecule has 0 unspecified atom stereocenters. The smallest absolute Gasteiger partial charge is 0.308 e. The van der Waals surface area contributed by atoms with Crippen molar-refractivity contribution in [3.05, 3.63) is 42.0 Å². The predicted molar refractivity (Wildman–Crippen MR) is 123 cm³/mol. The molecule has 2 amide bonds. The highest BCUT2D eigenvalue weighted by atomic mass is 16.5. The monoisotopic (exact) mass is 465 g/mol. The van der Waals surface area contributed by atoms with Gasteiger partial charge in [-0.25, -0.2) is 0 Å². The third-order valence-electron chi connectivity index (χ3n) is 8.13. The molecule has 2 saturated carbocycles. The van der Waals surface area contributed by atoms with Gasteiger partial charge < -0.3 is 9.47 Å². The topological polar surface area (TPSA) is 90.0 Å². The maximum absolute atomic E-state index is 13.4. The van der Waals surface area contributed by atoms with Gasteiger partial charge in [-0.3, -0.25) is 24.1 Å². The molecule has 0 aromatic heterocycles. The van der Waals surface area contributed by atoms with Gasteiger partial charge in [0.05, 0.1) is 31.4 Å². The number of carbonyl (C=O) groups excluding carboxylic acids is 4. The first kappa shape index (κ1) is 22.8. The lowest BCUT2D eigenvalue weighted by molar-refractivity contribution is -0.148. The zero-order chi connectivity index (χ0) is 24.0. The normalized spacial score (nSPS) is 31.2. The van der Waals surface area contributed by atoms with Gasteiger partial charge in [-0.05, 0) is 60.8 Å². The Morgan fingerprint density at radius 2 is 1.65 bits per heavy atom. The van der Waals surface area contributed by atoms with Crippen LogP contribution in [0.2, 0.25) is 0 Å². The molecule has 0 spiro atoms. The summed E-state index contributed by atoms with van der Waals surface area (Å²) >= 11 is 0. The molecule has 2 bridgehead atoms. The van der Waals surface area contributed by atoms with Crippen molar-refractivity contribution in [1.29, 1.82) is 0 Å². The number of methoxy groups -OCH3 is 1. The number of benzene rings is 1. The molecule has 1 aliphatic heterocycles. The Kier molecular flexibility index (Phi) is 6.04. The summed E-state index contributed by atoms with van der Waals surface area (Å²) < 4.78 is 10.4. The van der Waals surface area contributed by atoms with Crippen molar-refractivity contribution < 1.29 is 28.7 Å². The molecule has 7 heteroatoms. The van der Waals surface area contributed by atoms with Gasteiger partial charge in [0.1, 0.15) is 5.75 Å². The average molecular weight is 466 g/mol. The van der Waals surface area contributed by atoms with Crippen LogP contribution in [-0.2, 0) is 19.1 Å². The molecule has 3 fully saturated rings. The highest BCUT2D eigenvalue weighted by Crippen LogP contribution is 2.65. The number of likely N-dealkylation sites (tertiary alicyclic amines) is 1. The van der Waals surface area contributed by atoms with E-state index < -0.39 is 12.0 Å². The van der Waals surface area contributed by atoms with E-state index in [9.17, 15) is 19.2 Å². The summed E-state index contributed by atoms with van der Waals surface area (Å²) in [5, 5.41) is 0. The summed E-state index contributed by atoms with van der Waals surface area (Å²) in [7, 11) is 1.54. The van der Waals surface area contributed by atoms with Crippen LogP contribution < -0.4 is 4.74 Å². The number of esters is 1. The molecule has 34 heavy (non-hydrogen) atoms. The first-order chi connectivity index (χ1) is 16.4. The standard InChI is InChI=1S/C27H31NO6/c1-3-4-5-16(12-23(30)34-14-22(29)15-6-8-17(33-2)9-7-15)28-26(31)24-18-10-11-19(21-13-20(18)21)25(24)27(28)32/h6-11,16,18-21,24-25H,3-5,12-14H2,1-2H3/t16-,18+,19+,20+,21+,24-,25+/m1/s1. The fourth-order valence-corrected chi connectivity index (χ4v) is 6.36. The van der Waals surface area contributed by atoms with E-state index in [0.717, 1.165) is 19.3 Å². The zero-order valence-corrected chi connectivity index (χ0v) is 19.6. The molecule has 6 rings (SSSR count). The van der Waals surface area contributed by atoms with Gasteiger partial charge in [-0.1, -0.05) is 31.9 Å². The van der Waals surface area contributed by atoms with Crippen molar-refractivity contribution in [2.24, 2.45) is 35.5 Å². The Bertz CT molecular complexity index is 994. The highest BCUT2D eigenvalue weighted by molar-refractivity contribution is 6.07. The molecule has 1 heterocycles.